The summed E-state index contributed by atoms with van der Waals surface area (Å²) >= 11 is 0. The summed E-state index contributed by atoms with van der Waals surface area (Å²) in [6.45, 7) is 4.01. The van der Waals surface area contributed by atoms with Crippen molar-refractivity contribution in [3.63, 3.8) is 0 Å². The zero-order valence-electron chi connectivity index (χ0n) is 7.39. The van der Waals surface area contributed by atoms with Gasteiger partial charge in [0.1, 0.15) is 0 Å². The molecule has 0 aliphatic rings. The number of rotatable bonds is 3. The fourth-order valence-electron chi connectivity index (χ4n) is 0.547. The molecule has 11 heavy (non-hydrogen) atoms. The minimum absolute atomic E-state index is 1.13. The normalized spacial score (nSPS) is 14.1. The standard InChI is InChI=1S/C9H16N2/c1-8(6-7-10)4-5-9(2)11-3/h4-7,11H,10H2,1-3H3/b7-6+,8-4-,9-5+. The van der Waals surface area contributed by atoms with Crippen molar-refractivity contribution in [3.05, 3.63) is 35.7 Å². The molecule has 0 heterocycles. The van der Waals surface area contributed by atoms with Gasteiger partial charge in [0.15, 0.2) is 0 Å². The van der Waals surface area contributed by atoms with E-state index in [0.717, 1.165) is 11.3 Å². The molecule has 0 aromatic carbocycles. The second-order valence-electron chi connectivity index (χ2n) is 2.37. The molecule has 0 aromatic rings. The highest BCUT2D eigenvalue weighted by Crippen LogP contribution is 1.95. The monoisotopic (exact) mass is 152 g/mol. The zero-order chi connectivity index (χ0) is 8.69. The third kappa shape index (κ3) is 5.27. The Morgan fingerprint density at radius 2 is 1.91 bits per heavy atom. The van der Waals surface area contributed by atoms with Crippen LogP contribution in [0.15, 0.2) is 35.7 Å². The Bertz CT molecular complexity index is 188. The second-order valence-corrected chi connectivity index (χ2v) is 2.37. The highest BCUT2D eigenvalue weighted by atomic mass is 14.8. The molecule has 0 saturated carbocycles. The van der Waals surface area contributed by atoms with Crippen LogP contribution < -0.4 is 11.1 Å². The molecule has 0 atom stereocenters. The van der Waals surface area contributed by atoms with Gasteiger partial charge >= 0.3 is 0 Å². The number of nitrogens with one attached hydrogen (secondary N) is 1. The summed E-state index contributed by atoms with van der Waals surface area (Å²) in [6.07, 6.45) is 7.42. The van der Waals surface area contributed by atoms with E-state index in [1.165, 1.54) is 6.20 Å². The molecule has 0 saturated heterocycles. The van der Waals surface area contributed by atoms with Crippen LogP contribution in [0.2, 0.25) is 0 Å². The van der Waals surface area contributed by atoms with Crippen LogP contribution in [0, 0.1) is 0 Å². The first-order chi connectivity index (χ1) is 5.20. The van der Waals surface area contributed by atoms with Gasteiger partial charge in [-0.25, -0.2) is 0 Å². The summed E-state index contributed by atoms with van der Waals surface area (Å²) in [5.41, 5.74) is 7.49. The minimum Gasteiger partial charge on any atom is -0.405 e. The summed E-state index contributed by atoms with van der Waals surface area (Å²) in [4.78, 5) is 0. The summed E-state index contributed by atoms with van der Waals surface area (Å²) in [7, 11) is 1.90. The van der Waals surface area contributed by atoms with Crippen molar-refractivity contribution in [2.24, 2.45) is 5.73 Å². The molecular weight excluding hydrogens is 136 g/mol. The fourth-order valence-corrected chi connectivity index (χ4v) is 0.547. The molecule has 0 unspecified atom stereocenters. The fraction of sp³-hybridized carbons (Fsp3) is 0.333. The Labute approximate surface area is 68.5 Å². The second kappa shape index (κ2) is 5.59. The average Bonchev–Trinajstić information content (AvgIpc) is 2.01. The predicted octanol–water partition coefficient (Wildman–Crippen LogP) is 1.53. The van der Waals surface area contributed by atoms with Crippen molar-refractivity contribution < 1.29 is 0 Å². The largest absolute Gasteiger partial charge is 0.405 e. The highest BCUT2D eigenvalue weighted by molar-refractivity contribution is 5.22. The highest BCUT2D eigenvalue weighted by Gasteiger charge is 1.79. The van der Waals surface area contributed by atoms with Crippen LogP contribution >= 0.6 is 0 Å². The lowest BCUT2D eigenvalue weighted by molar-refractivity contribution is 0.990. The van der Waals surface area contributed by atoms with Gasteiger partial charge < -0.3 is 11.1 Å². The molecule has 2 nitrogen and oxygen atoms in total. The molecule has 0 aliphatic heterocycles. The molecular formula is C9H16N2. The SMILES string of the molecule is CN/C(C)=C/C=C(C)\C=C\N. The van der Waals surface area contributed by atoms with Gasteiger partial charge in [-0.05, 0) is 37.8 Å². The van der Waals surface area contributed by atoms with E-state index in [4.69, 9.17) is 5.73 Å². The number of hydrogen-bond donors (Lipinski definition) is 2. The van der Waals surface area contributed by atoms with E-state index in [2.05, 4.69) is 5.32 Å². The van der Waals surface area contributed by atoms with Crippen LogP contribution in [-0.4, -0.2) is 7.05 Å². The quantitative estimate of drug-likeness (QED) is 0.602. The number of hydrogen-bond acceptors (Lipinski definition) is 2. The van der Waals surface area contributed by atoms with Gasteiger partial charge in [-0.3, -0.25) is 0 Å². The molecule has 0 bridgehead atoms. The Morgan fingerprint density at radius 1 is 1.27 bits per heavy atom. The van der Waals surface area contributed by atoms with E-state index in [1.807, 2.05) is 39.1 Å². The van der Waals surface area contributed by atoms with Gasteiger partial charge in [0, 0.05) is 12.7 Å². The van der Waals surface area contributed by atoms with Crippen LogP contribution in [0.5, 0.6) is 0 Å². The minimum atomic E-state index is 1.13. The van der Waals surface area contributed by atoms with Gasteiger partial charge in [-0.1, -0.05) is 6.08 Å². The first kappa shape index (κ1) is 9.82. The Balaban J connectivity index is 4.10. The summed E-state index contributed by atoms with van der Waals surface area (Å²) in [5, 5.41) is 3.02. The van der Waals surface area contributed by atoms with E-state index in [1.54, 1.807) is 0 Å². The average molecular weight is 152 g/mol. The molecule has 62 valence electrons. The van der Waals surface area contributed by atoms with Crippen molar-refractivity contribution in [1.82, 2.24) is 5.32 Å². The van der Waals surface area contributed by atoms with Crippen LogP contribution in [0.3, 0.4) is 0 Å². The van der Waals surface area contributed by atoms with E-state index in [0.29, 0.717) is 0 Å². The summed E-state index contributed by atoms with van der Waals surface area (Å²) in [5.74, 6) is 0. The topological polar surface area (TPSA) is 38.0 Å². The zero-order valence-corrected chi connectivity index (χ0v) is 7.39. The molecule has 3 N–H and O–H groups in total. The van der Waals surface area contributed by atoms with E-state index < -0.39 is 0 Å². The van der Waals surface area contributed by atoms with Crippen molar-refractivity contribution in [2.45, 2.75) is 13.8 Å². The van der Waals surface area contributed by atoms with Crippen molar-refractivity contribution in [3.8, 4) is 0 Å². The van der Waals surface area contributed by atoms with Crippen LogP contribution in [0.4, 0.5) is 0 Å². The first-order valence-corrected chi connectivity index (χ1v) is 3.62. The maximum absolute atomic E-state index is 5.21. The Morgan fingerprint density at radius 3 is 2.36 bits per heavy atom. The molecule has 0 fully saturated rings. The molecule has 0 aliphatic carbocycles. The van der Waals surface area contributed by atoms with Crippen molar-refractivity contribution in [1.29, 1.82) is 0 Å². The third-order valence-corrected chi connectivity index (χ3v) is 1.35. The summed E-state index contributed by atoms with van der Waals surface area (Å²) in [6, 6.07) is 0. The van der Waals surface area contributed by atoms with Gasteiger partial charge in [-0.2, -0.15) is 0 Å². The Kier molecular flexibility index (Phi) is 4.99. The predicted molar refractivity (Wildman–Crippen MR) is 49.9 cm³/mol. The van der Waals surface area contributed by atoms with E-state index in [9.17, 15) is 0 Å². The van der Waals surface area contributed by atoms with Gasteiger partial charge in [0.05, 0.1) is 0 Å². The molecule has 0 aromatic heterocycles. The number of nitrogens with two attached hydrogens (primary N) is 1. The molecule has 0 amide bonds. The van der Waals surface area contributed by atoms with E-state index in [-0.39, 0.29) is 0 Å². The molecule has 2 heteroatoms. The van der Waals surface area contributed by atoms with Crippen LogP contribution in [-0.2, 0) is 0 Å². The number of allylic oxidation sites excluding steroid dienone is 5. The van der Waals surface area contributed by atoms with Gasteiger partial charge in [0.25, 0.3) is 0 Å². The maximum atomic E-state index is 5.21. The smallest absolute Gasteiger partial charge is 0.00725 e. The first-order valence-electron chi connectivity index (χ1n) is 3.62. The van der Waals surface area contributed by atoms with Crippen LogP contribution in [0.25, 0.3) is 0 Å². The van der Waals surface area contributed by atoms with Gasteiger partial charge in [0.2, 0.25) is 0 Å². The van der Waals surface area contributed by atoms with Crippen LogP contribution in [0.1, 0.15) is 13.8 Å². The lowest BCUT2D eigenvalue weighted by Crippen LogP contribution is -2.00. The lowest BCUT2D eigenvalue weighted by atomic mass is 10.2. The Hall–Kier alpha value is -1.18. The molecule has 0 spiro atoms. The van der Waals surface area contributed by atoms with Crippen molar-refractivity contribution in [2.75, 3.05) is 7.05 Å². The maximum Gasteiger partial charge on any atom is 0.00725 e. The third-order valence-electron chi connectivity index (χ3n) is 1.35. The molecule has 0 rings (SSSR count). The molecule has 0 radical (unpaired) electrons. The van der Waals surface area contributed by atoms with Gasteiger partial charge in [-0.15, -0.1) is 0 Å². The summed E-state index contributed by atoms with van der Waals surface area (Å²) < 4.78 is 0. The van der Waals surface area contributed by atoms with E-state index >= 15 is 0 Å². The lowest BCUT2D eigenvalue weighted by Gasteiger charge is -1.94. The van der Waals surface area contributed by atoms with Crippen molar-refractivity contribution >= 4 is 0 Å².